The van der Waals surface area contributed by atoms with Crippen LogP contribution in [-0.4, -0.2) is 63.9 Å². The monoisotopic (exact) mass is 440 g/mol. The number of allylic oxidation sites excluding steroid dienone is 3. The molecule has 172 valence electrons. The molecular formula is C19H28N4O8. The van der Waals surface area contributed by atoms with Gasteiger partial charge in [-0.3, -0.25) is 4.79 Å². The van der Waals surface area contributed by atoms with Crippen molar-refractivity contribution >= 4 is 30.0 Å². The first-order valence-electron chi connectivity index (χ1n) is 9.85. The van der Waals surface area contributed by atoms with Gasteiger partial charge in [0.2, 0.25) is 0 Å². The molecule has 0 fully saturated rings. The van der Waals surface area contributed by atoms with E-state index < -0.39 is 42.4 Å². The van der Waals surface area contributed by atoms with E-state index in [1.165, 1.54) is 0 Å². The van der Waals surface area contributed by atoms with Crippen molar-refractivity contribution in [2.45, 2.75) is 57.0 Å². The highest BCUT2D eigenvalue weighted by Crippen LogP contribution is 2.06. The van der Waals surface area contributed by atoms with Gasteiger partial charge >= 0.3 is 30.0 Å². The van der Waals surface area contributed by atoms with Crippen molar-refractivity contribution in [1.82, 2.24) is 21.3 Å². The Morgan fingerprint density at radius 2 is 1.52 bits per heavy atom. The maximum atomic E-state index is 11.9. The fourth-order valence-corrected chi connectivity index (χ4v) is 2.70. The first-order chi connectivity index (χ1) is 14.7. The van der Waals surface area contributed by atoms with Crippen molar-refractivity contribution in [2.75, 3.05) is 6.54 Å². The standard InChI is InChI=1S/C19H28N4O8/c24-15(25)10-9-14(17(28)29)23-19(31)22-13(16(26)27)8-4-5-11-20-18(30)21-12-6-2-1-3-7-12/h2,6-7,13-14H,1,3-5,8-11H2,(H,24,25)(H,26,27)(H,28,29)(H2,20,21,30)(H2,22,23,31). The number of urea groups is 2. The predicted molar refractivity (Wildman–Crippen MR) is 108 cm³/mol. The molecule has 12 nitrogen and oxygen atoms in total. The van der Waals surface area contributed by atoms with Crippen molar-refractivity contribution < 1.29 is 39.3 Å². The van der Waals surface area contributed by atoms with E-state index in [2.05, 4.69) is 21.3 Å². The Labute approximate surface area is 178 Å². The second kappa shape index (κ2) is 13.6. The molecule has 0 aromatic rings. The summed E-state index contributed by atoms with van der Waals surface area (Å²) in [4.78, 5) is 56.7. The summed E-state index contributed by atoms with van der Waals surface area (Å²) >= 11 is 0. The van der Waals surface area contributed by atoms with Gasteiger partial charge in [-0.15, -0.1) is 0 Å². The highest BCUT2D eigenvalue weighted by molar-refractivity contribution is 5.86. The van der Waals surface area contributed by atoms with Crippen LogP contribution in [0.3, 0.4) is 0 Å². The Hall–Kier alpha value is -3.57. The Balaban J connectivity index is 2.33. The van der Waals surface area contributed by atoms with E-state index in [9.17, 15) is 29.1 Å². The summed E-state index contributed by atoms with van der Waals surface area (Å²) in [6.07, 6.45) is 7.57. The number of carboxylic acid groups (broad SMARTS) is 3. The van der Waals surface area contributed by atoms with Crippen molar-refractivity contribution in [3.63, 3.8) is 0 Å². The van der Waals surface area contributed by atoms with Gasteiger partial charge in [0.05, 0.1) is 0 Å². The summed E-state index contributed by atoms with van der Waals surface area (Å²) in [7, 11) is 0. The zero-order valence-corrected chi connectivity index (χ0v) is 16.9. The molecule has 0 aromatic carbocycles. The number of amides is 4. The predicted octanol–water partition coefficient (Wildman–Crippen LogP) is 0.760. The lowest BCUT2D eigenvalue weighted by Gasteiger charge is -2.18. The lowest BCUT2D eigenvalue weighted by molar-refractivity contribution is -0.140. The van der Waals surface area contributed by atoms with E-state index >= 15 is 0 Å². The number of aliphatic carboxylic acids is 3. The molecule has 0 spiro atoms. The quantitative estimate of drug-likeness (QED) is 0.204. The van der Waals surface area contributed by atoms with Crippen LogP contribution in [0.2, 0.25) is 0 Å². The molecule has 0 aliphatic heterocycles. The minimum atomic E-state index is -1.46. The molecular weight excluding hydrogens is 412 g/mol. The minimum absolute atomic E-state index is 0.0623. The van der Waals surface area contributed by atoms with E-state index in [1.54, 1.807) is 0 Å². The Kier molecular flexibility index (Phi) is 11.2. The highest BCUT2D eigenvalue weighted by Gasteiger charge is 2.24. The molecule has 0 heterocycles. The Bertz CT molecular complexity index is 734. The molecule has 0 bridgehead atoms. The van der Waals surface area contributed by atoms with Crippen molar-refractivity contribution in [1.29, 1.82) is 0 Å². The molecule has 1 rings (SSSR count). The van der Waals surface area contributed by atoms with Crippen molar-refractivity contribution in [3.05, 3.63) is 23.9 Å². The van der Waals surface area contributed by atoms with Crippen LogP contribution < -0.4 is 21.3 Å². The highest BCUT2D eigenvalue weighted by atomic mass is 16.4. The van der Waals surface area contributed by atoms with Crippen LogP contribution in [-0.2, 0) is 14.4 Å². The van der Waals surface area contributed by atoms with E-state index in [0.717, 1.165) is 12.8 Å². The number of carbonyl (C=O) groups excluding carboxylic acids is 2. The van der Waals surface area contributed by atoms with Crippen LogP contribution >= 0.6 is 0 Å². The van der Waals surface area contributed by atoms with Crippen LogP contribution in [0.5, 0.6) is 0 Å². The average Bonchev–Trinajstić information content (AvgIpc) is 2.70. The molecule has 7 N–H and O–H groups in total. The van der Waals surface area contributed by atoms with Gasteiger partial charge in [0.25, 0.3) is 0 Å². The second-order valence-corrected chi connectivity index (χ2v) is 6.85. The summed E-state index contributed by atoms with van der Waals surface area (Å²) in [6, 6.07) is -4.11. The molecule has 2 unspecified atom stereocenters. The number of carbonyl (C=O) groups is 5. The van der Waals surface area contributed by atoms with E-state index in [0.29, 0.717) is 25.1 Å². The number of carboxylic acids is 3. The Morgan fingerprint density at radius 3 is 2.06 bits per heavy atom. The number of unbranched alkanes of at least 4 members (excludes halogenated alkanes) is 1. The van der Waals surface area contributed by atoms with Crippen molar-refractivity contribution in [3.8, 4) is 0 Å². The maximum absolute atomic E-state index is 11.9. The third-order valence-electron chi connectivity index (χ3n) is 4.31. The van der Waals surface area contributed by atoms with E-state index in [-0.39, 0.29) is 18.9 Å². The lowest BCUT2D eigenvalue weighted by Crippen LogP contribution is -2.51. The summed E-state index contributed by atoms with van der Waals surface area (Å²) < 4.78 is 0. The molecule has 31 heavy (non-hydrogen) atoms. The third-order valence-corrected chi connectivity index (χ3v) is 4.31. The zero-order chi connectivity index (χ0) is 23.2. The summed E-state index contributed by atoms with van der Waals surface area (Å²) in [6.45, 7) is 0.303. The second-order valence-electron chi connectivity index (χ2n) is 6.85. The first-order valence-corrected chi connectivity index (χ1v) is 9.85. The number of nitrogens with one attached hydrogen (secondary N) is 4. The van der Waals surface area contributed by atoms with Gasteiger partial charge in [0, 0.05) is 18.7 Å². The van der Waals surface area contributed by atoms with Crippen LogP contribution in [0.1, 0.15) is 44.9 Å². The molecule has 0 saturated carbocycles. The largest absolute Gasteiger partial charge is 0.481 e. The zero-order valence-electron chi connectivity index (χ0n) is 16.9. The summed E-state index contributed by atoms with van der Waals surface area (Å²) in [5, 5.41) is 36.5. The number of rotatable bonds is 13. The molecule has 12 heteroatoms. The minimum Gasteiger partial charge on any atom is -0.481 e. The van der Waals surface area contributed by atoms with Crippen LogP contribution in [0, 0.1) is 0 Å². The smallest absolute Gasteiger partial charge is 0.326 e. The van der Waals surface area contributed by atoms with Gasteiger partial charge in [-0.1, -0.05) is 12.2 Å². The fraction of sp³-hybridized carbons (Fsp3) is 0.526. The Morgan fingerprint density at radius 1 is 0.871 bits per heavy atom. The van der Waals surface area contributed by atoms with Crippen molar-refractivity contribution in [2.24, 2.45) is 0 Å². The van der Waals surface area contributed by atoms with Gasteiger partial charge in [-0.05, 0) is 44.6 Å². The van der Waals surface area contributed by atoms with Gasteiger partial charge in [0.1, 0.15) is 12.1 Å². The van der Waals surface area contributed by atoms with Gasteiger partial charge < -0.3 is 36.6 Å². The first kappa shape index (κ1) is 25.5. The van der Waals surface area contributed by atoms with Gasteiger partial charge in [0.15, 0.2) is 0 Å². The summed E-state index contributed by atoms with van der Waals surface area (Å²) in [5.41, 5.74) is 0.716. The average molecular weight is 440 g/mol. The van der Waals surface area contributed by atoms with E-state index in [1.807, 2.05) is 18.2 Å². The number of hydrogen-bond acceptors (Lipinski definition) is 5. The molecule has 0 radical (unpaired) electrons. The van der Waals surface area contributed by atoms with Gasteiger partial charge in [-0.2, -0.15) is 0 Å². The lowest BCUT2D eigenvalue weighted by atomic mass is 10.1. The molecule has 4 amide bonds. The molecule has 0 aromatic heterocycles. The third kappa shape index (κ3) is 11.3. The maximum Gasteiger partial charge on any atom is 0.326 e. The molecule has 1 aliphatic carbocycles. The SMILES string of the molecule is O=C(O)CCC(NC(=O)NC(CCCCNC(=O)NC1=CCCC=C1)C(=O)O)C(=O)O. The number of hydrogen-bond donors (Lipinski definition) is 7. The summed E-state index contributed by atoms with van der Waals surface area (Å²) in [5.74, 6) is -3.94. The molecule has 1 aliphatic rings. The normalized spacial score (nSPS) is 14.5. The fourth-order valence-electron chi connectivity index (χ4n) is 2.70. The topological polar surface area (TPSA) is 194 Å². The van der Waals surface area contributed by atoms with E-state index in [4.69, 9.17) is 10.2 Å². The molecule has 0 saturated heterocycles. The van der Waals surface area contributed by atoms with Crippen LogP contribution in [0.4, 0.5) is 9.59 Å². The van der Waals surface area contributed by atoms with Crippen LogP contribution in [0.15, 0.2) is 23.9 Å². The van der Waals surface area contributed by atoms with Crippen LogP contribution in [0.25, 0.3) is 0 Å². The van der Waals surface area contributed by atoms with Gasteiger partial charge in [-0.25, -0.2) is 19.2 Å². The molecule has 2 atom stereocenters.